The van der Waals surface area contributed by atoms with E-state index in [9.17, 15) is 0 Å². The number of hydrogen-bond donors (Lipinski definition) is 1. The highest BCUT2D eigenvalue weighted by Crippen LogP contribution is 2.27. The van der Waals surface area contributed by atoms with Gasteiger partial charge in [0, 0.05) is 9.35 Å². The smallest absolute Gasteiger partial charge is 0.217 e. The van der Waals surface area contributed by atoms with E-state index in [1.807, 2.05) is 35.7 Å². The summed E-state index contributed by atoms with van der Waals surface area (Å²) in [6.07, 6.45) is 0. The zero-order valence-electron chi connectivity index (χ0n) is 8.76. The summed E-state index contributed by atoms with van der Waals surface area (Å²) in [5, 5.41) is 1.99. The Bertz CT molecular complexity index is 648. The van der Waals surface area contributed by atoms with Crippen molar-refractivity contribution < 1.29 is 4.42 Å². The highest BCUT2D eigenvalue weighted by molar-refractivity contribution is 9.10. The van der Waals surface area contributed by atoms with Crippen LogP contribution in [0.1, 0.15) is 16.8 Å². The second-order valence-corrected chi connectivity index (χ2v) is 5.55. The van der Waals surface area contributed by atoms with Crippen molar-refractivity contribution in [2.45, 2.75) is 6.04 Å². The Hall–Kier alpha value is -1.17. The van der Waals surface area contributed by atoms with Gasteiger partial charge in [-0.1, -0.05) is 22.0 Å². The van der Waals surface area contributed by atoms with Crippen molar-refractivity contribution in [2.24, 2.45) is 5.73 Å². The molecule has 3 rings (SSSR count). The molecule has 0 bridgehead atoms. The van der Waals surface area contributed by atoms with E-state index in [0.717, 1.165) is 20.4 Å². The molecule has 2 heterocycles. The molecule has 1 unspecified atom stereocenters. The van der Waals surface area contributed by atoms with Crippen LogP contribution in [0.15, 0.2) is 44.6 Å². The van der Waals surface area contributed by atoms with E-state index in [4.69, 9.17) is 10.2 Å². The Morgan fingerprint density at radius 2 is 2.24 bits per heavy atom. The van der Waals surface area contributed by atoms with Crippen LogP contribution in [0.3, 0.4) is 0 Å². The van der Waals surface area contributed by atoms with E-state index in [-0.39, 0.29) is 6.04 Å². The zero-order valence-corrected chi connectivity index (χ0v) is 11.2. The van der Waals surface area contributed by atoms with Gasteiger partial charge in [0.05, 0.1) is 0 Å². The minimum absolute atomic E-state index is 0.291. The van der Waals surface area contributed by atoms with Crippen molar-refractivity contribution in [2.75, 3.05) is 0 Å². The number of fused-ring (bicyclic) bond motifs is 1. The normalized spacial score (nSPS) is 13.1. The summed E-state index contributed by atoms with van der Waals surface area (Å²) in [5.41, 5.74) is 7.69. The molecule has 0 saturated carbocycles. The van der Waals surface area contributed by atoms with Crippen molar-refractivity contribution in [3.8, 4) is 0 Å². The van der Waals surface area contributed by atoms with Crippen LogP contribution in [-0.4, -0.2) is 4.98 Å². The number of thiophene rings is 1. The molecule has 17 heavy (non-hydrogen) atoms. The molecule has 0 fully saturated rings. The van der Waals surface area contributed by atoms with Crippen LogP contribution < -0.4 is 5.73 Å². The highest BCUT2D eigenvalue weighted by atomic mass is 79.9. The molecule has 3 aromatic rings. The van der Waals surface area contributed by atoms with Crippen molar-refractivity contribution >= 4 is 38.4 Å². The van der Waals surface area contributed by atoms with Gasteiger partial charge in [0.1, 0.15) is 11.6 Å². The van der Waals surface area contributed by atoms with Crippen LogP contribution in [0.5, 0.6) is 0 Å². The second kappa shape index (κ2) is 4.25. The van der Waals surface area contributed by atoms with Gasteiger partial charge in [-0.2, -0.15) is 0 Å². The highest BCUT2D eigenvalue weighted by Gasteiger charge is 2.16. The van der Waals surface area contributed by atoms with Crippen LogP contribution in [0.2, 0.25) is 0 Å². The lowest BCUT2D eigenvalue weighted by molar-refractivity contribution is 0.507. The molecule has 86 valence electrons. The van der Waals surface area contributed by atoms with Gasteiger partial charge >= 0.3 is 0 Å². The van der Waals surface area contributed by atoms with Crippen LogP contribution in [0, 0.1) is 0 Å². The van der Waals surface area contributed by atoms with Crippen molar-refractivity contribution in [3.05, 3.63) is 51.0 Å². The maximum absolute atomic E-state index is 6.11. The van der Waals surface area contributed by atoms with Crippen molar-refractivity contribution in [1.29, 1.82) is 0 Å². The monoisotopic (exact) mass is 308 g/mol. The summed E-state index contributed by atoms with van der Waals surface area (Å²) in [6.45, 7) is 0. The Kier molecular flexibility index (Phi) is 2.74. The maximum Gasteiger partial charge on any atom is 0.217 e. The summed E-state index contributed by atoms with van der Waals surface area (Å²) in [7, 11) is 0. The Morgan fingerprint density at radius 1 is 1.35 bits per heavy atom. The van der Waals surface area contributed by atoms with E-state index in [1.165, 1.54) is 0 Å². The number of nitrogens with two attached hydrogens (primary N) is 1. The first-order chi connectivity index (χ1) is 8.24. The van der Waals surface area contributed by atoms with Crippen molar-refractivity contribution in [1.82, 2.24) is 4.98 Å². The van der Waals surface area contributed by atoms with Crippen LogP contribution in [0.25, 0.3) is 11.1 Å². The summed E-state index contributed by atoms with van der Waals surface area (Å²) >= 11 is 5.01. The molecule has 0 spiro atoms. The van der Waals surface area contributed by atoms with Gasteiger partial charge in [-0.15, -0.1) is 11.3 Å². The Morgan fingerprint density at radius 3 is 3.00 bits per heavy atom. The fraction of sp³-hybridized carbons (Fsp3) is 0.0833. The summed E-state index contributed by atoms with van der Waals surface area (Å²) in [6, 6.07) is 9.40. The second-order valence-electron chi connectivity index (χ2n) is 3.66. The van der Waals surface area contributed by atoms with Gasteiger partial charge in [-0.05, 0) is 29.6 Å². The van der Waals surface area contributed by atoms with Crippen LogP contribution in [-0.2, 0) is 0 Å². The van der Waals surface area contributed by atoms with Gasteiger partial charge in [-0.3, -0.25) is 0 Å². The van der Waals surface area contributed by atoms with E-state index >= 15 is 0 Å². The number of halogens is 1. The largest absolute Gasteiger partial charge is 0.439 e. The van der Waals surface area contributed by atoms with Crippen LogP contribution in [0.4, 0.5) is 0 Å². The molecule has 0 radical (unpaired) electrons. The minimum atomic E-state index is -0.291. The van der Waals surface area contributed by atoms with E-state index in [1.54, 1.807) is 11.3 Å². The average Bonchev–Trinajstić information content (AvgIpc) is 2.96. The van der Waals surface area contributed by atoms with E-state index in [0.29, 0.717) is 5.89 Å². The minimum Gasteiger partial charge on any atom is -0.439 e. The molecule has 3 nitrogen and oxygen atoms in total. The number of rotatable bonds is 2. The molecule has 1 aromatic carbocycles. The van der Waals surface area contributed by atoms with Crippen molar-refractivity contribution in [3.63, 3.8) is 0 Å². The molecule has 5 heteroatoms. The SMILES string of the molecule is NC(c1nc2cc(Br)ccc2o1)c1cccs1. The number of hydrogen-bond acceptors (Lipinski definition) is 4. The molecular weight excluding hydrogens is 300 g/mol. The quantitative estimate of drug-likeness (QED) is 0.785. The summed E-state index contributed by atoms with van der Waals surface area (Å²) in [5.74, 6) is 0.556. The first-order valence-electron chi connectivity index (χ1n) is 5.09. The van der Waals surface area contributed by atoms with Gasteiger partial charge in [0.15, 0.2) is 5.58 Å². The number of aromatic nitrogens is 1. The lowest BCUT2D eigenvalue weighted by atomic mass is 10.2. The fourth-order valence-corrected chi connectivity index (χ4v) is 2.71. The third-order valence-corrected chi connectivity index (χ3v) is 3.93. The summed E-state index contributed by atoms with van der Waals surface area (Å²) < 4.78 is 6.64. The molecule has 2 N–H and O–H groups in total. The van der Waals surface area contributed by atoms with Gasteiger partial charge in [-0.25, -0.2) is 4.98 Å². The predicted octanol–water partition coefficient (Wildman–Crippen LogP) is 3.70. The first-order valence-corrected chi connectivity index (χ1v) is 6.76. The van der Waals surface area contributed by atoms with E-state index in [2.05, 4.69) is 20.9 Å². The third kappa shape index (κ3) is 2.01. The lowest BCUT2D eigenvalue weighted by Crippen LogP contribution is -2.10. The average molecular weight is 309 g/mol. The Labute approximate surface area is 110 Å². The van der Waals surface area contributed by atoms with Gasteiger partial charge in [0.25, 0.3) is 0 Å². The van der Waals surface area contributed by atoms with E-state index < -0.39 is 0 Å². The zero-order chi connectivity index (χ0) is 11.8. The molecule has 0 aliphatic rings. The molecule has 0 aliphatic carbocycles. The van der Waals surface area contributed by atoms with Gasteiger partial charge in [0.2, 0.25) is 5.89 Å². The molecule has 2 aromatic heterocycles. The molecule has 0 aliphatic heterocycles. The molecule has 1 atom stereocenters. The first kappa shape index (κ1) is 11.0. The molecule has 0 amide bonds. The predicted molar refractivity (Wildman–Crippen MR) is 72.1 cm³/mol. The maximum atomic E-state index is 6.11. The standard InChI is InChI=1S/C12H9BrN2OS/c13-7-3-4-9-8(6-7)15-12(16-9)11(14)10-2-1-5-17-10/h1-6,11H,14H2. The number of nitrogens with zero attached hydrogens (tertiary/aromatic N) is 1. The fourth-order valence-electron chi connectivity index (χ4n) is 1.64. The number of benzene rings is 1. The molecular formula is C12H9BrN2OS. The molecule has 0 saturated heterocycles. The Balaban J connectivity index is 2.06. The van der Waals surface area contributed by atoms with Gasteiger partial charge < -0.3 is 10.2 Å². The lowest BCUT2D eigenvalue weighted by Gasteiger charge is -2.02. The summed E-state index contributed by atoms with van der Waals surface area (Å²) in [4.78, 5) is 5.47. The topological polar surface area (TPSA) is 52.0 Å². The number of oxazole rings is 1. The third-order valence-electron chi connectivity index (χ3n) is 2.48. The van der Waals surface area contributed by atoms with Crippen LogP contribution >= 0.6 is 27.3 Å².